The van der Waals surface area contributed by atoms with Gasteiger partial charge in [-0.15, -0.1) is 0 Å². The average molecular weight is 471 g/mol. The van der Waals surface area contributed by atoms with Crippen LogP contribution in [0.5, 0.6) is 11.5 Å². The number of hydrogen-bond acceptors (Lipinski definition) is 5. The Hall–Kier alpha value is -3.59. The molecule has 7 nitrogen and oxygen atoms in total. The molecule has 1 N–H and O–H groups in total. The third-order valence-corrected chi connectivity index (χ3v) is 6.85. The molecule has 1 amide bonds. The first-order chi connectivity index (χ1) is 15.8. The minimum absolute atomic E-state index is 0.0671. The number of halogens is 1. The molecule has 3 aromatic rings. The van der Waals surface area contributed by atoms with Crippen LogP contribution in [0, 0.1) is 12.7 Å². The predicted octanol–water partition coefficient (Wildman–Crippen LogP) is 3.42. The maximum absolute atomic E-state index is 13.5. The molecule has 0 unspecified atom stereocenters. The number of amides is 1. The number of ether oxygens (including phenoxy) is 2. The van der Waals surface area contributed by atoms with Crippen LogP contribution in [0.15, 0.2) is 71.6 Å². The van der Waals surface area contributed by atoms with Gasteiger partial charge in [0.05, 0.1) is 10.6 Å². The van der Waals surface area contributed by atoms with E-state index in [2.05, 4.69) is 5.32 Å². The number of carbonyl (C=O) groups is 1. The molecular weight excluding hydrogens is 447 g/mol. The molecule has 0 saturated carbocycles. The highest BCUT2D eigenvalue weighted by Crippen LogP contribution is 2.34. The molecule has 172 valence electrons. The minimum atomic E-state index is -4.17. The Kier molecular flexibility index (Phi) is 6.50. The lowest BCUT2D eigenvalue weighted by Gasteiger charge is -2.25. The Morgan fingerprint density at radius 1 is 1.00 bits per heavy atom. The fourth-order valence-electron chi connectivity index (χ4n) is 3.44. The Morgan fingerprint density at radius 3 is 2.45 bits per heavy atom. The van der Waals surface area contributed by atoms with Gasteiger partial charge in [-0.05, 0) is 48.9 Å². The molecule has 0 aromatic heterocycles. The lowest BCUT2D eigenvalue weighted by Crippen LogP contribution is -2.40. The van der Waals surface area contributed by atoms with Gasteiger partial charge in [0.25, 0.3) is 10.0 Å². The molecule has 0 saturated heterocycles. The summed E-state index contributed by atoms with van der Waals surface area (Å²) < 4.78 is 52.4. The summed E-state index contributed by atoms with van der Waals surface area (Å²) in [5, 5.41) is 2.75. The van der Waals surface area contributed by atoms with Gasteiger partial charge < -0.3 is 14.8 Å². The van der Waals surface area contributed by atoms with Crippen LogP contribution in [0.1, 0.15) is 11.1 Å². The Morgan fingerprint density at radius 2 is 1.73 bits per heavy atom. The van der Waals surface area contributed by atoms with E-state index in [0.29, 0.717) is 24.7 Å². The molecule has 0 aliphatic carbocycles. The lowest BCUT2D eigenvalue weighted by atomic mass is 10.1. The summed E-state index contributed by atoms with van der Waals surface area (Å²) in [6.07, 6.45) is 0. The summed E-state index contributed by atoms with van der Waals surface area (Å²) in [5.74, 6) is -0.254. The number of rotatable bonds is 7. The summed E-state index contributed by atoms with van der Waals surface area (Å²) in [6.45, 7) is 2.40. The van der Waals surface area contributed by atoms with Gasteiger partial charge in [0.1, 0.15) is 25.6 Å². The van der Waals surface area contributed by atoms with Crippen LogP contribution in [0.4, 0.5) is 10.1 Å². The van der Waals surface area contributed by atoms with Gasteiger partial charge in [0, 0.05) is 12.6 Å². The topological polar surface area (TPSA) is 84.9 Å². The van der Waals surface area contributed by atoms with Gasteiger partial charge in [-0.25, -0.2) is 12.8 Å². The van der Waals surface area contributed by atoms with Crippen LogP contribution in [-0.4, -0.2) is 34.1 Å². The van der Waals surface area contributed by atoms with Crippen molar-refractivity contribution in [3.63, 3.8) is 0 Å². The molecule has 1 aliphatic rings. The van der Waals surface area contributed by atoms with E-state index in [1.165, 1.54) is 30.3 Å². The molecule has 1 heterocycles. The van der Waals surface area contributed by atoms with E-state index in [1.807, 2.05) is 31.2 Å². The SMILES string of the molecule is Cc1cccc(CNC(=O)CN(c2ccc(F)cc2)S(=O)(=O)c2ccc3c(c2)OCCO3)c1. The van der Waals surface area contributed by atoms with Crippen LogP contribution in [0.25, 0.3) is 0 Å². The first-order valence-electron chi connectivity index (χ1n) is 10.3. The van der Waals surface area contributed by atoms with Gasteiger partial charge >= 0.3 is 0 Å². The van der Waals surface area contributed by atoms with E-state index in [9.17, 15) is 17.6 Å². The fourth-order valence-corrected chi connectivity index (χ4v) is 4.88. The first-order valence-corrected chi connectivity index (χ1v) is 11.8. The van der Waals surface area contributed by atoms with Gasteiger partial charge in [0.15, 0.2) is 11.5 Å². The van der Waals surface area contributed by atoms with Crippen molar-refractivity contribution in [1.82, 2.24) is 5.32 Å². The van der Waals surface area contributed by atoms with Gasteiger partial charge in [-0.2, -0.15) is 0 Å². The Labute approximate surface area is 191 Å². The lowest BCUT2D eigenvalue weighted by molar-refractivity contribution is -0.119. The fraction of sp³-hybridized carbons (Fsp3) is 0.208. The Balaban J connectivity index is 1.60. The highest BCUT2D eigenvalue weighted by Gasteiger charge is 2.29. The number of anilines is 1. The van der Waals surface area contributed by atoms with Crippen molar-refractivity contribution in [3.05, 3.63) is 83.7 Å². The highest BCUT2D eigenvalue weighted by molar-refractivity contribution is 7.92. The highest BCUT2D eigenvalue weighted by atomic mass is 32.2. The van der Waals surface area contributed by atoms with E-state index in [0.717, 1.165) is 27.6 Å². The second-order valence-corrected chi connectivity index (χ2v) is 9.42. The van der Waals surface area contributed by atoms with Crippen molar-refractivity contribution in [1.29, 1.82) is 0 Å². The molecule has 4 rings (SSSR count). The molecule has 1 aliphatic heterocycles. The molecule has 33 heavy (non-hydrogen) atoms. The molecule has 3 aromatic carbocycles. The predicted molar refractivity (Wildman–Crippen MR) is 121 cm³/mol. The first kappa shape index (κ1) is 22.6. The number of benzene rings is 3. The maximum atomic E-state index is 13.5. The maximum Gasteiger partial charge on any atom is 0.264 e. The van der Waals surface area contributed by atoms with Crippen molar-refractivity contribution in [2.24, 2.45) is 0 Å². The second-order valence-electron chi connectivity index (χ2n) is 7.56. The number of sulfonamides is 1. The van der Waals surface area contributed by atoms with Crippen LogP contribution < -0.4 is 19.1 Å². The minimum Gasteiger partial charge on any atom is -0.486 e. The summed E-state index contributed by atoms with van der Waals surface area (Å²) in [4.78, 5) is 12.7. The van der Waals surface area contributed by atoms with E-state index in [4.69, 9.17) is 9.47 Å². The molecule has 0 spiro atoms. The number of hydrogen-bond donors (Lipinski definition) is 1. The van der Waals surface area contributed by atoms with Crippen molar-refractivity contribution < 1.29 is 27.1 Å². The zero-order chi connectivity index (χ0) is 23.4. The van der Waals surface area contributed by atoms with Crippen LogP contribution in [0.2, 0.25) is 0 Å². The van der Waals surface area contributed by atoms with Crippen molar-refractivity contribution >= 4 is 21.6 Å². The molecule has 9 heteroatoms. The quantitative estimate of drug-likeness (QED) is 0.572. The number of nitrogens with one attached hydrogen (secondary N) is 1. The normalized spacial score (nSPS) is 12.8. The van der Waals surface area contributed by atoms with Gasteiger partial charge in [-0.3, -0.25) is 9.10 Å². The third-order valence-electron chi connectivity index (χ3n) is 5.08. The summed E-state index contributed by atoms with van der Waals surface area (Å²) in [6, 6.07) is 16.8. The van der Waals surface area contributed by atoms with Gasteiger partial charge in [0.2, 0.25) is 5.91 Å². The molecule has 0 bridgehead atoms. The third kappa shape index (κ3) is 5.25. The average Bonchev–Trinajstić information content (AvgIpc) is 2.81. The Bertz CT molecular complexity index is 1260. The summed E-state index contributed by atoms with van der Waals surface area (Å²) in [7, 11) is -4.17. The van der Waals surface area contributed by atoms with Crippen LogP contribution in [0.3, 0.4) is 0 Å². The van der Waals surface area contributed by atoms with Crippen LogP contribution in [-0.2, 0) is 21.4 Å². The van der Waals surface area contributed by atoms with Crippen molar-refractivity contribution in [3.8, 4) is 11.5 Å². The standard InChI is InChI=1S/C24H23FN2O5S/c1-17-3-2-4-18(13-17)15-26-24(28)16-27(20-7-5-19(25)6-8-20)33(29,30)21-9-10-22-23(14-21)32-12-11-31-22/h2-10,13-14H,11-12,15-16H2,1H3,(H,26,28). The van der Waals surface area contributed by atoms with Crippen LogP contribution >= 0.6 is 0 Å². The number of nitrogens with zero attached hydrogens (tertiary/aromatic N) is 1. The second kappa shape index (κ2) is 9.50. The zero-order valence-corrected chi connectivity index (χ0v) is 18.8. The number of carbonyl (C=O) groups excluding carboxylic acids is 1. The zero-order valence-electron chi connectivity index (χ0n) is 18.0. The van der Waals surface area contributed by atoms with Crippen molar-refractivity contribution in [2.45, 2.75) is 18.4 Å². The van der Waals surface area contributed by atoms with E-state index in [-0.39, 0.29) is 17.1 Å². The largest absolute Gasteiger partial charge is 0.486 e. The molecule has 0 fully saturated rings. The van der Waals surface area contributed by atoms with Crippen molar-refractivity contribution in [2.75, 3.05) is 24.1 Å². The van der Waals surface area contributed by atoms with E-state index < -0.39 is 28.3 Å². The van der Waals surface area contributed by atoms with E-state index in [1.54, 1.807) is 0 Å². The smallest absolute Gasteiger partial charge is 0.264 e. The summed E-state index contributed by atoms with van der Waals surface area (Å²) >= 11 is 0. The van der Waals surface area contributed by atoms with E-state index >= 15 is 0 Å². The molecular formula is C24H23FN2O5S. The summed E-state index contributed by atoms with van der Waals surface area (Å²) in [5.41, 5.74) is 2.11. The molecule has 0 radical (unpaired) electrons. The van der Waals surface area contributed by atoms with Gasteiger partial charge in [-0.1, -0.05) is 29.8 Å². The molecule has 0 atom stereocenters. The number of fused-ring (bicyclic) bond motifs is 1. The monoisotopic (exact) mass is 470 g/mol. The number of aryl methyl sites for hydroxylation is 1.